The zero-order valence-electron chi connectivity index (χ0n) is 15.2. The molecule has 0 saturated heterocycles. The zero-order chi connectivity index (χ0) is 20.0. The number of nitrogens with zero attached hydrogens (tertiary/aromatic N) is 2. The molecule has 11 heteroatoms. The number of urea groups is 1. The molecule has 7 N–H and O–H groups in total. The van der Waals surface area contributed by atoms with Gasteiger partial charge in [-0.3, -0.25) is 0 Å². The largest absolute Gasteiger partial charge is 0.480 e. The molecule has 1 aromatic heterocycles. The van der Waals surface area contributed by atoms with E-state index in [1.54, 1.807) is 0 Å². The topological polar surface area (TPSA) is 184 Å². The van der Waals surface area contributed by atoms with Crippen LogP contribution in [0.5, 0.6) is 0 Å². The van der Waals surface area contributed by atoms with Gasteiger partial charge in [0, 0.05) is 0 Å². The molecule has 1 fully saturated rings. The van der Waals surface area contributed by atoms with Crippen LogP contribution in [0, 0.1) is 5.92 Å². The maximum absolute atomic E-state index is 12.3. The van der Waals surface area contributed by atoms with Gasteiger partial charge in [0.15, 0.2) is 11.9 Å². The number of carbonyl (C=O) groups excluding carboxylic acids is 1. The van der Waals surface area contributed by atoms with E-state index in [0.29, 0.717) is 0 Å². The molecule has 11 nitrogen and oxygen atoms in total. The molecule has 0 radical (unpaired) electrons. The minimum atomic E-state index is -1.45. The summed E-state index contributed by atoms with van der Waals surface area (Å²) in [5.41, 5.74) is 5.69. The molecule has 2 amide bonds. The number of aliphatic hydroxyl groups excluding tert-OH is 2. The average Bonchev–Trinajstić information content (AvgIpc) is 3.13. The summed E-state index contributed by atoms with van der Waals surface area (Å²) in [6.07, 6.45) is 3.50. The van der Waals surface area contributed by atoms with Gasteiger partial charge in [0.25, 0.3) is 0 Å². The molecule has 1 saturated carbocycles. The van der Waals surface area contributed by atoms with Gasteiger partial charge in [0.2, 0.25) is 5.89 Å². The summed E-state index contributed by atoms with van der Waals surface area (Å²) in [6.45, 7) is 0.925. The maximum atomic E-state index is 12.3. The van der Waals surface area contributed by atoms with Crippen molar-refractivity contribution in [3.63, 3.8) is 0 Å². The third kappa shape index (κ3) is 5.62. The van der Waals surface area contributed by atoms with E-state index in [0.717, 1.165) is 32.1 Å². The molecule has 0 aromatic carbocycles. The first-order chi connectivity index (χ1) is 12.8. The standard InChI is InChI=1S/C16H27N5O6/c1-8(23)11(15(24)25)18-16(26)19-12(9-5-3-2-4-6-9)14-20-13(21-27-14)10(17)7-22/h8-12,22-23H,2-7,17H2,1H3,(H,24,25)(H2,18,19,26)/t8?,10-,11+,12+/m1/s1. The van der Waals surface area contributed by atoms with Crippen molar-refractivity contribution in [2.24, 2.45) is 11.7 Å². The number of rotatable bonds is 8. The lowest BCUT2D eigenvalue weighted by Gasteiger charge is -2.29. The molecule has 27 heavy (non-hydrogen) atoms. The van der Waals surface area contributed by atoms with Gasteiger partial charge < -0.3 is 36.2 Å². The monoisotopic (exact) mass is 385 g/mol. The van der Waals surface area contributed by atoms with Crippen molar-refractivity contribution < 1.29 is 29.4 Å². The summed E-state index contributed by atoms with van der Waals surface area (Å²) in [5.74, 6) is -1.02. The average molecular weight is 385 g/mol. The van der Waals surface area contributed by atoms with Crippen LogP contribution in [0.4, 0.5) is 4.79 Å². The van der Waals surface area contributed by atoms with Gasteiger partial charge in [0.1, 0.15) is 6.04 Å². The van der Waals surface area contributed by atoms with Gasteiger partial charge in [-0.1, -0.05) is 24.4 Å². The second-order valence-corrected chi connectivity index (χ2v) is 6.83. The highest BCUT2D eigenvalue weighted by atomic mass is 16.5. The van der Waals surface area contributed by atoms with Crippen LogP contribution in [0.2, 0.25) is 0 Å². The fraction of sp³-hybridized carbons (Fsp3) is 0.750. The smallest absolute Gasteiger partial charge is 0.328 e. The second-order valence-electron chi connectivity index (χ2n) is 6.83. The lowest BCUT2D eigenvalue weighted by molar-refractivity contribution is -0.141. The highest BCUT2D eigenvalue weighted by Gasteiger charge is 2.33. The van der Waals surface area contributed by atoms with Crippen LogP contribution in [-0.2, 0) is 4.79 Å². The lowest BCUT2D eigenvalue weighted by Crippen LogP contribution is -2.52. The normalized spacial score (nSPS) is 19.7. The molecule has 1 unspecified atom stereocenters. The molecular formula is C16H27N5O6. The van der Waals surface area contributed by atoms with Crippen LogP contribution >= 0.6 is 0 Å². The number of aromatic nitrogens is 2. The Labute approximate surface area is 156 Å². The summed E-state index contributed by atoms with van der Waals surface area (Å²) < 4.78 is 5.24. The molecule has 0 bridgehead atoms. The van der Waals surface area contributed by atoms with Crippen LogP contribution in [0.15, 0.2) is 4.52 Å². The van der Waals surface area contributed by atoms with Crippen molar-refractivity contribution in [3.8, 4) is 0 Å². The van der Waals surface area contributed by atoms with Crippen LogP contribution in [-0.4, -0.2) is 56.2 Å². The Kier molecular flexibility index (Phi) is 7.51. The minimum Gasteiger partial charge on any atom is -0.480 e. The lowest BCUT2D eigenvalue weighted by atomic mass is 9.84. The number of aliphatic hydroxyl groups is 2. The van der Waals surface area contributed by atoms with Crippen molar-refractivity contribution in [2.45, 2.75) is 63.3 Å². The molecule has 1 aromatic rings. The number of carboxylic acids is 1. The minimum absolute atomic E-state index is 0.0398. The fourth-order valence-corrected chi connectivity index (χ4v) is 3.17. The number of nitrogens with two attached hydrogens (primary N) is 1. The van der Waals surface area contributed by atoms with E-state index >= 15 is 0 Å². The van der Waals surface area contributed by atoms with Crippen LogP contribution in [0.1, 0.15) is 62.8 Å². The molecule has 1 aliphatic carbocycles. The number of hydrogen-bond acceptors (Lipinski definition) is 8. The van der Waals surface area contributed by atoms with Crippen LogP contribution in [0.25, 0.3) is 0 Å². The van der Waals surface area contributed by atoms with Gasteiger partial charge >= 0.3 is 12.0 Å². The van der Waals surface area contributed by atoms with Crippen molar-refractivity contribution in [1.82, 2.24) is 20.8 Å². The predicted molar refractivity (Wildman–Crippen MR) is 92.4 cm³/mol. The number of nitrogens with one attached hydrogen (secondary N) is 2. The fourth-order valence-electron chi connectivity index (χ4n) is 3.17. The summed E-state index contributed by atoms with van der Waals surface area (Å²) in [4.78, 5) is 27.7. The predicted octanol–water partition coefficient (Wildman–Crippen LogP) is -0.184. The van der Waals surface area contributed by atoms with Crippen molar-refractivity contribution >= 4 is 12.0 Å². The van der Waals surface area contributed by atoms with Crippen molar-refractivity contribution in [3.05, 3.63) is 11.7 Å². The van der Waals surface area contributed by atoms with E-state index in [9.17, 15) is 14.7 Å². The Morgan fingerprint density at radius 2 is 1.96 bits per heavy atom. The summed E-state index contributed by atoms with van der Waals surface area (Å²) >= 11 is 0. The zero-order valence-corrected chi connectivity index (χ0v) is 15.2. The molecule has 0 aliphatic heterocycles. The Hall–Kier alpha value is -2.24. The van der Waals surface area contributed by atoms with Gasteiger partial charge in [-0.05, 0) is 25.7 Å². The number of hydrogen-bond donors (Lipinski definition) is 6. The summed E-state index contributed by atoms with van der Waals surface area (Å²) in [5, 5.41) is 36.4. The molecule has 2 rings (SSSR count). The highest BCUT2D eigenvalue weighted by Crippen LogP contribution is 2.34. The van der Waals surface area contributed by atoms with E-state index in [-0.39, 0.29) is 24.2 Å². The number of carboxylic acid groups (broad SMARTS) is 1. The first-order valence-corrected chi connectivity index (χ1v) is 9.01. The Morgan fingerprint density at radius 3 is 2.52 bits per heavy atom. The van der Waals surface area contributed by atoms with Crippen LogP contribution in [0.3, 0.4) is 0 Å². The molecule has 1 aliphatic rings. The Bertz CT molecular complexity index is 631. The molecule has 152 valence electrons. The molecule has 1 heterocycles. The Balaban J connectivity index is 2.16. The van der Waals surface area contributed by atoms with Crippen molar-refractivity contribution in [2.75, 3.05) is 6.61 Å². The third-order valence-electron chi connectivity index (χ3n) is 4.69. The van der Waals surface area contributed by atoms with Crippen LogP contribution < -0.4 is 16.4 Å². The third-order valence-corrected chi connectivity index (χ3v) is 4.69. The quantitative estimate of drug-likeness (QED) is 0.353. The Morgan fingerprint density at radius 1 is 1.30 bits per heavy atom. The summed E-state index contributed by atoms with van der Waals surface area (Å²) in [7, 11) is 0. The maximum Gasteiger partial charge on any atom is 0.328 e. The second kappa shape index (κ2) is 9.62. The van der Waals surface area contributed by atoms with Gasteiger partial charge in [-0.15, -0.1) is 0 Å². The van der Waals surface area contributed by atoms with E-state index in [2.05, 4.69) is 20.8 Å². The van der Waals surface area contributed by atoms with Gasteiger partial charge in [0.05, 0.1) is 18.8 Å². The number of carbonyl (C=O) groups is 2. The summed E-state index contributed by atoms with van der Waals surface area (Å²) in [6, 6.07) is -3.63. The molecule has 0 spiro atoms. The van der Waals surface area contributed by atoms with Gasteiger partial charge in [-0.25, -0.2) is 9.59 Å². The number of aliphatic carboxylic acids is 1. The first-order valence-electron chi connectivity index (χ1n) is 9.01. The van der Waals surface area contributed by atoms with E-state index in [4.69, 9.17) is 20.5 Å². The van der Waals surface area contributed by atoms with E-state index < -0.39 is 36.2 Å². The van der Waals surface area contributed by atoms with E-state index in [1.807, 2.05) is 0 Å². The molecule has 4 atom stereocenters. The SMILES string of the molecule is CC(O)[C@H](NC(=O)N[C@H](c1nc([C@H](N)CO)no1)C1CCCCC1)C(=O)O. The number of amides is 2. The first kappa shape index (κ1) is 21.1. The highest BCUT2D eigenvalue weighted by molar-refractivity contribution is 5.83. The van der Waals surface area contributed by atoms with E-state index in [1.165, 1.54) is 6.92 Å². The van der Waals surface area contributed by atoms with Crippen molar-refractivity contribution in [1.29, 1.82) is 0 Å². The van der Waals surface area contributed by atoms with Gasteiger partial charge in [-0.2, -0.15) is 4.98 Å². The molecular weight excluding hydrogens is 358 g/mol.